The first kappa shape index (κ1) is 11.1. The van der Waals surface area contributed by atoms with Crippen molar-refractivity contribution in [3.63, 3.8) is 0 Å². The van der Waals surface area contributed by atoms with Crippen LogP contribution in [0.2, 0.25) is 0 Å². The van der Waals surface area contributed by atoms with Crippen molar-refractivity contribution < 1.29 is 4.79 Å². The van der Waals surface area contributed by atoms with Gasteiger partial charge in [-0.3, -0.25) is 4.79 Å². The van der Waals surface area contributed by atoms with Gasteiger partial charge in [-0.1, -0.05) is 24.3 Å². The van der Waals surface area contributed by atoms with Gasteiger partial charge in [0.15, 0.2) is 0 Å². The number of amides is 1. The molecule has 0 aromatic heterocycles. The lowest BCUT2D eigenvalue weighted by Gasteiger charge is -2.35. The molecule has 0 radical (unpaired) electrons. The van der Waals surface area contributed by atoms with E-state index in [2.05, 4.69) is 30.4 Å². The quantitative estimate of drug-likeness (QED) is 0.812. The summed E-state index contributed by atoms with van der Waals surface area (Å²) in [6.07, 6.45) is 0.968. The highest BCUT2D eigenvalue weighted by atomic mass is 16.2. The molecule has 0 saturated carbocycles. The van der Waals surface area contributed by atoms with Crippen LogP contribution in [0.25, 0.3) is 0 Å². The molecule has 1 N–H and O–H groups in total. The first-order chi connectivity index (χ1) is 7.74. The summed E-state index contributed by atoms with van der Waals surface area (Å²) in [6, 6.07) is 8.59. The van der Waals surface area contributed by atoms with Crippen LogP contribution in [0.5, 0.6) is 0 Å². The van der Waals surface area contributed by atoms with Crippen molar-refractivity contribution in [2.45, 2.75) is 19.4 Å². The molecule has 1 heterocycles. The van der Waals surface area contributed by atoms with Crippen molar-refractivity contribution in [1.29, 1.82) is 0 Å². The Kier molecular flexibility index (Phi) is 3.25. The van der Waals surface area contributed by atoms with Crippen molar-refractivity contribution >= 4 is 5.91 Å². The van der Waals surface area contributed by atoms with Crippen molar-refractivity contribution in [2.24, 2.45) is 0 Å². The molecule has 0 aliphatic carbocycles. The third-order valence-electron chi connectivity index (χ3n) is 3.24. The fourth-order valence-corrected chi connectivity index (χ4v) is 2.37. The third-order valence-corrected chi connectivity index (χ3v) is 3.24. The van der Waals surface area contributed by atoms with Gasteiger partial charge in [0.1, 0.15) is 0 Å². The smallest absolute Gasteiger partial charge is 0.237 e. The minimum atomic E-state index is 0.185. The van der Waals surface area contributed by atoms with Gasteiger partial charge < -0.3 is 10.2 Å². The zero-order valence-electron chi connectivity index (χ0n) is 9.86. The van der Waals surface area contributed by atoms with E-state index in [1.54, 1.807) is 7.05 Å². The first-order valence-corrected chi connectivity index (χ1v) is 5.76. The first-order valence-electron chi connectivity index (χ1n) is 5.76. The van der Waals surface area contributed by atoms with Crippen LogP contribution < -0.4 is 5.32 Å². The molecule has 2 rings (SSSR count). The van der Waals surface area contributed by atoms with E-state index >= 15 is 0 Å². The van der Waals surface area contributed by atoms with Gasteiger partial charge in [0.05, 0.1) is 12.6 Å². The molecular formula is C13H18N2O. The number of fused-ring (bicyclic) bond motifs is 1. The average Bonchev–Trinajstić information content (AvgIpc) is 2.30. The lowest BCUT2D eigenvalue weighted by molar-refractivity contribution is -0.132. The second-order valence-electron chi connectivity index (χ2n) is 4.24. The molecule has 1 aliphatic heterocycles. The lowest BCUT2D eigenvalue weighted by Crippen LogP contribution is -2.42. The molecule has 1 atom stereocenters. The van der Waals surface area contributed by atoms with Crippen molar-refractivity contribution in [1.82, 2.24) is 10.2 Å². The van der Waals surface area contributed by atoms with Gasteiger partial charge in [-0.25, -0.2) is 0 Å². The Morgan fingerprint density at radius 2 is 2.25 bits per heavy atom. The summed E-state index contributed by atoms with van der Waals surface area (Å²) in [5.74, 6) is 0.185. The molecule has 0 bridgehead atoms. The van der Waals surface area contributed by atoms with Crippen LogP contribution in [0.1, 0.15) is 24.1 Å². The van der Waals surface area contributed by atoms with E-state index in [1.807, 2.05) is 11.0 Å². The Labute approximate surface area is 96.5 Å². The summed E-state index contributed by atoms with van der Waals surface area (Å²) in [5, 5.41) is 2.92. The van der Waals surface area contributed by atoms with E-state index in [0.29, 0.717) is 6.54 Å². The number of carbonyl (C=O) groups is 1. The fourth-order valence-electron chi connectivity index (χ4n) is 2.37. The van der Waals surface area contributed by atoms with E-state index in [1.165, 1.54) is 11.1 Å². The molecule has 1 aliphatic rings. The van der Waals surface area contributed by atoms with Crippen LogP contribution in [-0.2, 0) is 11.2 Å². The molecule has 16 heavy (non-hydrogen) atoms. The molecule has 86 valence electrons. The molecule has 0 fully saturated rings. The molecule has 1 aromatic rings. The van der Waals surface area contributed by atoms with Gasteiger partial charge >= 0.3 is 0 Å². The van der Waals surface area contributed by atoms with Crippen molar-refractivity contribution in [2.75, 3.05) is 20.1 Å². The van der Waals surface area contributed by atoms with E-state index in [-0.39, 0.29) is 11.9 Å². The summed E-state index contributed by atoms with van der Waals surface area (Å²) in [5.41, 5.74) is 2.67. The normalized spacial score (nSPS) is 19.4. The van der Waals surface area contributed by atoms with Crippen LogP contribution in [0.4, 0.5) is 0 Å². The van der Waals surface area contributed by atoms with Crippen LogP contribution in [0.15, 0.2) is 24.3 Å². The summed E-state index contributed by atoms with van der Waals surface area (Å²) < 4.78 is 0. The van der Waals surface area contributed by atoms with E-state index in [9.17, 15) is 4.79 Å². The van der Waals surface area contributed by atoms with E-state index < -0.39 is 0 Å². The Bertz CT molecular complexity index is 389. The largest absolute Gasteiger partial charge is 0.334 e. The summed E-state index contributed by atoms with van der Waals surface area (Å²) in [4.78, 5) is 13.8. The number of carbonyl (C=O) groups excluding carboxylic acids is 1. The zero-order chi connectivity index (χ0) is 11.5. The number of rotatable bonds is 2. The predicted molar refractivity (Wildman–Crippen MR) is 64.2 cm³/mol. The highest BCUT2D eigenvalue weighted by Crippen LogP contribution is 2.28. The fraction of sp³-hybridized carbons (Fsp3) is 0.462. The molecular weight excluding hydrogens is 200 g/mol. The number of likely N-dealkylation sites (N-methyl/N-ethyl adjacent to an activating group) is 1. The van der Waals surface area contributed by atoms with Crippen LogP contribution in [-0.4, -0.2) is 30.9 Å². The van der Waals surface area contributed by atoms with Gasteiger partial charge in [0.25, 0.3) is 0 Å². The average molecular weight is 218 g/mol. The number of hydrogen-bond donors (Lipinski definition) is 1. The van der Waals surface area contributed by atoms with E-state index in [0.717, 1.165) is 13.0 Å². The van der Waals surface area contributed by atoms with Gasteiger partial charge in [-0.05, 0) is 31.5 Å². The Morgan fingerprint density at radius 3 is 3.00 bits per heavy atom. The third kappa shape index (κ3) is 1.95. The van der Waals surface area contributed by atoms with Gasteiger partial charge in [0.2, 0.25) is 5.91 Å². The standard InChI is InChI=1S/C13H18N2O/c1-10-12-6-4-3-5-11(12)7-8-15(10)13(16)9-14-2/h3-6,10,14H,7-9H2,1-2H3/t10-/m1/s1. The molecule has 1 aromatic carbocycles. The predicted octanol–water partition coefficient (Wildman–Crippen LogP) is 1.35. The summed E-state index contributed by atoms with van der Waals surface area (Å²) >= 11 is 0. The Morgan fingerprint density at radius 1 is 1.50 bits per heavy atom. The number of nitrogens with zero attached hydrogens (tertiary/aromatic N) is 1. The van der Waals surface area contributed by atoms with Gasteiger partial charge in [-0.15, -0.1) is 0 Å². The van der Waals surface area contributed by atoms with Gasteiger partial charge in [-0.2, -0.15) is 0 Å². The molecule has 0 unspecified atom stereocenters. The molecule has 0 saturated heterocycles. The number of nitrogens with one attached hydrogen (secondary N) is 1. The van der Waals surface area contributed by atoms with E-state index in [4.69, 9.17) is 0 Å². The minimum Gasteiger partial charge on any atom is -0.334 e. The van der Waals surface area contributed by atoms with Gasteiger partial charge in [0, 0.05) is 6.54 Å². The Balaban J connectivity index is 2.21. The minimum absolute atomic E-state index is 0.185. The second-order valence-corrected chi connectivity index (χ2v) is 4.24. The molecule has 3 heteroatoms. The molecule has 3 nitrogen and oxygen atoms in total. The van der Waals surface area contributed by atoms with Crippen LogP contribution in [0.3, 0.4) is 0 Å². The van der Waals surface area contributed by atoms with Crippen molar-refractivity contribution in [3.05, 3.63) is 35.4 Å². The van der Waals surface area contributed by atoms with Crippen molar-refractivity contribution in [3.8, 4) is 0 Å². The topological polar surface area (TPSA) is 32.3 Å². The second kappa shape index (κ2) is 4.66. The van der Waals surface area contributed by atoms with Crippen LogP contribution in [0, 0.1) is 0 Å². The summed E-state index contributed by atoms with van der Waals surface area (Å²) in [7, 11) is 1.81. The SMILES string of the molecule is CNCC(=O)N1CCc2ccccc2[C@H]1C. The maximum absolute atomic E-state index is 11.9. The summed E-state index contributed by atoms with van der Waals surface area (Å²) in [6.45, 7) is 3.36. The van der Waals surface area contributed by atoms with Crippen LogP contribution >= 0.6 is 0 Å². The molecule has 0 spiro atoms. The maximum atomic E-state index is 11.9. The molecule has 1 amide bonds. The lowest BCUT2D eigenvalue weighted by atomic mass is 9.93. The highest BCUT2D eigenvalue weighted by Gasteiger charge is 2.26. The Hall–Kier alpha value is -1.35. The number of hydrogen-bond acceptors (Lipinski definition) is 2. The highest BCUT2D eigenvalue weighted by molar-refractivity contribution is 5.79. The number of benzene rings is 1. The maximum Gasteiger partial charge on any atom is 0.237 e. The zero-order valence-corrected chi connectivity index (χ0v) is 9.86. The monoisotopic (exact) mass is 218 g/mol.